The van der Waals surface area contributed by atoms with Gasteiger partial charge in [0.2, 0.25) is 15.9 Å². The van der Waals surface area contributed by atoms with Crippen molar-refractivity contribution in [3.63, 3.8) is 0 Å². The van der Waals surface area contributed by atoms with Crippen molar-refractivity contribution in [3.8, 4) is 11.5 Å². The van der Waals surface area contributed by atoms with E-state index in [0.717, 1.165) is 9.87 Å². The summed E-state index contributed by atoms with van der Waals surface area (Å²) in [5.41, 5.74) is 0.955. The van der Waals surface area contributed by atoms with Crippen molar-refractivity contribution in [1.29, 1.82) is 0 Å². The van der Waals surface area contributed by atoms with E-state index < -0.39 is 32.5 Å². The van der Waals surface area contributed by atoms with Gasteiger partial charge in [-0.25, -0.2) is 16.8 Å². The zero-order valence-corrected chi connectivity index (χ0v) is 25.1. The average molecular weight is 624 g/mol. The van der Waals surface area contributed by atoms with E-state index in [1.807, 2.05) is 6.92 Å². The summed E-state index contributed by atoms with van der Waals surface area (Å²) in [5, 5.41) is 2.84. The van der Waals surface area contributed by atoms with Crippen LogP contribution in [0, 0.1) is 6.92 Å². The number of amides is 1. The van der Waals surface area contributed by atoms with Gasteiger partial charge in [-0.1, -0.05) is 29.3 Å². The number of hydrogen-bond acceptors (Lipinski definition) is 8. The smallest absolute Gasteiger partial charge is 0.264 e. The molecule has 0 aromatic heterocycles. The molecule has 11 nitrogen and oxygen atoms in total. The number of ether oxygens (including phenoxy) is 3. The van der Waals surface area contributed by atoms with E-state index in [9.17, 15) is 21.6 Å². The number of morpholine rings is 1. The van der Waals surface area contributed by atoms with Gasteiger partial charge < -0.3 is 19.5 Å². The topological polar surface area (TPSA) is 132 Å². The molecule has 1 aliphatic rings. The second-order valence-electron chi connectivity index (χ2n) is 9.07. The molecule has 4 rings (SSSR count). The molecule has 0 radical (unpaired) electrons. The van der Waals surface area contributed by atoms with Crippen molar-refractivity contribution in [2.75, 3.05) is 56.7 Å². The molecule has 41 heavy (non-hydrogen) atoms. The number of carbonyl (C=O) groups is 1. The molecule has 3 aromatic rings. The van der Waals surface area contributed by atoms with Crippen LogP contribution in [0.15, 0.2) is 70.5 Å². The Balaban J connectivity index is 1.70. The van der Waals surface area contributed by atoms with Crippen LogP contribution in [0.4, 0.5) is 11.4 Å². The number of sulfonamides is 2. The van der Waals surface area contributed by atoms with Crippen molar-refractivity contribution in [1.82, 2.24) is 4.31 Å². The maximum atomic E-state index is 13.8. The van der Waals surface area contributed by atoms with Gasteiger partial charge in [0.25, 0.3) is 10.0 Å². The summed E-state index contributed by atoms with van der Waals surface area (Å²) in [6.07, 6.45) is 0. The first-order valence-electron chi connectivity index (χ1n) is 12.5. The SMILES string of the molecule is COc1ccc(S(=O)(=O)N2CCOCC2)cc1NC(=O)CN(c1cc(Cl)ccc1OC)S(=O)(=O)c1ccc(C)cc1. The fourth-order valence-electron chi connectivity index (χ4n) is 4.20. The number of aryl methyl sites for hydroxylation is 1. The van der Waals surface area contributed by atoms with Crippen LogP contribution >= 0.6 is 11.6 Å². The van der Waals surface area contributed by atoms with Gasteiger partial charge in [-0.2, -0.15) is 4.31 Å². The molecule has 1 saturated heterocycles. The third kappa shape index (κ3) is 6.76. The van der Waals surface area contributed by atoms with Gasteiger partial charge in [0, 0.05) is 18.1 Å². The third-order valence-corrected chi connectivity index (χ3v) is 10.3. The number of carbonyl (C=O) groups excluding carboxylic acids is 1. The lowest BCUT2D eigenvalue weighted by molar-refractivity contribution is -0.114. The summed E-state index contributed by atoms with van der Waals surface area (Å²) in [7, 11) is -5.42. The molecule has 1 heterocycles. The minimum atomic E-state index is -4.28. The lowest BCUT2D eigenvalue weighted by atomic mass is 10.2. The molecule has 0 bridgehead atoms. The highest BCUT2D eigenvalue weighted by atomic mass is 35.5. The summed E-state index contributed by atoms with van der Waals surface area (Å²) in [6, 6.07) is 14.7. The van der Waals surface area contributed by atoms with Crippen molar-refractivity contribution in [2.45, 2.75) is 16.7 Å². The molecule has 14 heteroatoms. The summed E-state index contributed by atoms with van der Waals surface area (Å²) >= 11 is 6.20. The second-order valence-corrected chi connectivity index (χ2v) is 13.3. The Morgan fingerprint density at radius 1 is 0.927 bits per heavy atom. The lowest BCUT2D eigenvalue weighted by Gasteiger charge is -2.27. The van der Waals surface area contributed by atoms with Crippen molar-refractivity contribution in [3.05, 3.63) is 71.2 Å². The first-order chi connectivity index (χ1) is 19.5. The van der Waals surface area contributed by atoms with Crippen LogP contribution in [0.3, 0.4) is 0 Å². The highest BCUT2D eigenvalue weighted by Gasteiger charge is 2.31. The second kappa shape index (κ2) is 12.7. The van der Waals surface area contributed by atoms with E-state index >= 15 is 0 Å². The summed E-state index contributed by atoms with van der Waals surface area (Å²) in [4.78, 5) is 13.3. The molecule has 1 amide bonds. The Labute approximate surface area is 244 Å². The third-order valence-electron chi connectivity index (χ3n) is 6.36. The van der Waals surface area contributed by atoms with E-state index in [4.69, 9.17) is 25.8 Å². The number of benzene rings is 3. The Hall–Kier alpha value is -3.36. The molecule has 0 saturated carbocycles. The summed E-state index contributed by atoms with van der Waals surface area (Å²) < 4.78 is 72.2. The molecule has 1 aliphatic heterocycles. The van der Waals surface area contributed by atoms with Gasteiger partial charge >= 0.3 is 0 Å². The van der Waals surface area contributed by atoms with Gasteiger partial charge in [-0.3, -0.25) is 9.10 Å². The average Bonchev–Trinajstić information content (AvgIpc) is 2.96. The first-order valence-corrected chi connectivity index (χ1v) is 15.7. The molecule has 220 valence electrons. The van der Waals surface area contributed by atoms with Gasteiger partial charge in [0.1, 0.15) is 18.0 Å². The van der Waals surface area contributed by atoms with Crippen LogP contribution in [0.1, 0.15) is 5.56 Å². The number of nitrogens with one attached hydrogen (secondary N) is 1. The monoisotopic (exact) mass is 623 g/mol. The van der Waals surface area contributed by atoms with Gasteiger partial charge in [0.15, 0.2) is 0 Å². The maximum absolute atomic E-state index is 13.8. The predicted octanol–water partition coefficient (Wildman–Crippen LogP) is 3.52. The minimum Gasteiger partial charge on any atom is -0.495 e. The highest BCUT2D eigenvalue weighted by molar-refractivity contribution is 7.93. The van der Waals surface area contributed by atoms with Gasteiger partial charge in [-0.15, -0.1) is 0 Å². The van der Waals surface area contributed by atoms with Crippen LogP contribution in [0.2, 0.25) is 5.02 Å². The van der Waals surface area contributed by atoms with E-state index in [1.54, 1.807) is 12.1 Å². The molecule has 1 fully saturated rings. The first kappa shape index (κ1) is 30.6. The number of halogens is 1. The van der Waals surface area contributed by atoms with Crippen molar-refractivity contribution < 1.29 is 35.8 Å². The normalized spacial score (nSPS) is 14.3. The van der Waals surface area contributed by atoms with Crippen molar-refractivity contribution in [2.24, 2.45) is 0 Å². The fourth-order valence-corrected chi connectivity index (χ4v) is 7.22. The number of rotatable bonds is 10. The molecule has 0 atom stereocenters. The number of anilines is 2. The Kier molecular flexibility index (Phi) is 9.44. The zero-order chi connectivity index (χ0) is 29.8. The predicted molar refractivity (Wildman–Crippen MR) is 155 cm³/mol. The van der Waals surface area contributed by atoms with Crippen LogP contribution in [0.25, 0.3) is 0 Å². The molecule has 1 N–H and O–H groups in total. The quantitative estimate of drug-likeness (QED) is 0.363. The lowest BCUT2D eigenvalue weighted by Crippen LogP contribution is -2.40. The minimum absolute atomic E-state index is 0.0471. The standard InChI is InChI=1S/C27H30ClN3O8S2/c1-19-4-7-21(8-5-19)41(35,36)31(24-16-20(28)6-10-26(24)38-3)18-27(32)29-23-17-22(9-11-25(23)37-2)40(33,34)30-12-14-39-15-13-30/h4-11,16-17H,12-15,18H2,1-3H3,(H,29,32). The number of nitrogens with zero attached hydrogens (tertiary/aromatic N) is 2. The van der Waals surface area contributed by atoms with E-state index in [2.05, 4.69) is 5.32 Å². The van der Waals surface area contributed by atoms with E-state index in [0.29, 0.717) is 0 Å². The molecule has 3 aromatic carbocycles. The summed E-state index contributed by atoms with van der Waals surface area (Å²) in [6.45, 7) is 2.08. The van der Waals surface area contributed by atoms with Gasteiger partial charge in [-0.05, 0) is 55.5 Å². The Morgan fingerprint density at radius 3 is 2.17 bits per heavy atom. The molecule has 0 unspecified atom stereocenters. The highest BCUT2D eigenvalue weighted by Crippen LogP contribution is 2.35. The summed E-state index contributed by atoms with van der Waals surface area (Å²) in [5.74, 6) is -0.399. The Morgan fingerprint density at radius 2 is 1.54 bits per heavy atom. The largest absolute Gasteiger partial charge is 0.495 e. The van der Waals surface area contributed by atoms with E-state index in [1.165, 1.54) is 67.1 Å². The van der Waals surface area contributed by atoms with Crippen LogP contribution in [-0.2, 0) is 29.6 Å². The van der Waals surface area contributed by atoms with Crippen molar-refractivity contribution >= 4 is 48.9 Å². The van der Waals surface area contributed by atoms with Crippen LogP contribution in [0.5, 0.6) is 11.5 Å². The number of methoxy groups -OCH3 is 2. The maximum Gasteiger partial charge on any atom is 0.264 e. The molecule has 0 aliphatic carbocycles. The van der Waals surface area contributed by atoms with E-state index in [-0.39, 0.29) is 64.0 Å². The molecular weight excluding hydrogens is 594 g/mol. The zero-order valence-electron chi connectivity index (χ0n) is 22.7. The fraction of sp³-hybridized carbons (Fsp3) is 0.296. The van der Waals surface area contributed by atoms with Crippen LogP contribution < -0.4 is 19.1 Å². The van der Waals surface area contributed by atoms with Crippen LogP contribution in [-0.4, -0.2) is 74.1 Å². The molecule has 0 spiro atoms. The van der Waals surface area contributed by atoms with Gasteiger partial charge in [0.05, 0.1) is 48.6 Å². The molecular formula is C27H30ClN3O8S2. The Bertz CT molecular complexity index is 1620. The number of hydrogen-bond donors (Lipinski definition) is 1.